The average molecular weight is 352 g/mol. The van der Waals surface area contributed by atoms with E-state index in [-0.39, 0.29) is 6.03 Å². The fourth-order valence-corrected chi connectivity index (χ4v) is 3.37. The van der Waals surface area contributed by atoms with Crippen molar-refractivity contribution >= 4 is 17.5 Å². The summed E-state index contributed by atoms with van der Waals surface area (Å²) in [6.07, 6.45) is 4.95. The highest BCUT2D eigenvalue weighted by Gasteiger charge is 2.10. The van der Waals surface area contributed by atoms with Crippen molar-refractivity contribution in [2.45, 2.75) is 46.0 Å². The molecule has 3 rings (SSSR count). The van der Waals surface area contributed by atoms with Gasteiger partial charge in [-0.1, -0.05) is 26.0 Å². The molecule has 1 aliphatic rings. The zero-order valence-electron chi connectivity index (χ0n) is 15.7. The van der Waals surface area contributed by atoms with Gasteiger partial charge in [0, 0.05) is 30.9 Å². The average Bonchev–Trinajstić information content (AvgIpc) is 2.67. The van der Waals surface area contributed by atoms with Crippen molar-refractivity contribution in [1.82, 2.24) is 10.3 Å². The van der Waals surface area contributed by atoms with E-state index < -0.39 is 0 Å². The number of carbonyl (C=O) groups excluding carboxylic acids is 1. The van der Waals surface area contributed by atoms with Crippen LogP contribution in [0.2, 0.25) is 0 Å². The van der Waals surface area contributed by atoms with Gasteiger partial charge < -0.3 is 16.0 Å². The number of nitrogens with one attached hydrogen (secondary N) is 3. The number of urea groups is 1. The summed E-state index contributed by atoms with van der Waals surface area (Å²) in [5, 5.41) is 9.18. The number of fused-ring (bicyclic) bond motifs is 1. The van der Waals surface area contributed by atoms with Crippen molar-refractivity contribution in [3.8, 4) is 0 Å². The highest BCUT2D eigenvalue weighted by atomic mass is 16.2. The summed E-state index contributed by atoms with van der Waals surface area (Å²) in [4.78, 5) is 16.8. The van der Waals surface area contributed by atoms with Gasteiger partial charge in [-0.3, -0.25) is 0 Å². The molecule has 0 radical (unpaired) electrons. The van der Waals surface area contributed by atoms with Gasteiger partial charge in [-0.15, -0.1) is 0 Å². The van der Waals surface area contributed by atoms with Gasteiger partial charge >= 0.3 is 6.03 Å². The maximum Gasteiger partial charge on any atom is 0.319 e. The highest BCUT2D eigenvalue weighted by molar-refractivity contribution is 5.89. The van der Waals surface area contributed by atoms with E-state index in [0.717, 1.165) is 55.8 Å². The molecule has 0 atom stereocenters. The minimum absolute atomic E-state index is 0.174. The molecule has 1 aromatic carbocycles. The molecular weight excluding hydrogens is 324 g/mol. The molecule has 26 heavy (non-hydrogen) atoms. The van der Waals surface area contributed by atoms with Crippen LogP contribution >= 0.6 is 0 Å². The van der Waals surface area contributed by atoms with E-state index in [1.54, 1.807) is 0 Å². The Morgan fingerprint density at radius 2 is 2.00 bits per heavy atom. The molecule has 5 heteroatoms. The third-order valence-electron chi connectivity index (χ3n) is 4.84. The van der Waals surface area contributed by atoms with Crippen LogP contribution in [0, 0.1) is 0 Å². The van der Waals surface area contributed by atoms with E-state index in [9.17, 15) is 4.79 Å². The minimum Gasteiger partial charge on any atom is -0.370 e. The van der Waals surface area contributed by atoms with Crippen LogP contribution in [-0.2, 0) is 25.7 Å². The van der Waals surface area contributed by atoms with Crippen LogP contribution in [0.5, 0.6) is 0 Å². The normalized spacial score (nSPS) is 12.8. The number of hydrogen-bond donors (Lipinski definition) is 3. The molecule has 5 nitrogen and oxygen atoms in total. The number of pyridine rings is 1. The van der Waals surface area contributed by atoms with E-state index in [2.05, 4.69) is 59.0 Å². The molecule has 1 aromatic heterocycles. The van der Waals surface area contributed by atoms with Gasteiger partial charge in [-0.2, -0.15) is 0 Å². The summed E-state index contributed by atoms with van der Waals surface area (Å²) in [5.74, 6) is 1.00. The summed E-state index contributed by atoms with van der Waals surface area (Å²) in [7, 11) is 0. The number of rotatable bonds is 6. The Morgan fingerprint density at radius 1 is 1.15 bits per heavy atom. The SMILES string of the molecule is CCc1ccc(NC(=O)NCCc2ccc3c(n2)NCCC3)cc1CC. The topological polar surface area (TPSA) is 66.0 Å². The van der Waals surface area contributed by atoms with E-state index >= 15 is 0 Å². The fourth-order valence-electron chi connectivity index (χ4n) is 3.37. The van der Waals surface area contributed by atoms with E-state index in [1.807, 2.05) is 6.07 Å². The molecule has 0 bridgehead atoms. The number of aryl methyl sites for hydroxylation is 3. The van der Waals surface area contributed by atoms with Crippen LogP contribution in [0.15, 0.2) is 30.3 Å². The van der Waals surface area contributed by atoms with Gasteiger partial charge in [0.1, 0.15) is 5.82 Å². The van der Waals surface area contributed by atoms with E-state index in [0.29, 0.717) is 6.54 Å². The lowest BCUT2D eigenvalue weighted by Gasteiger charge is -2.17. The summed E-state index contributed by atoms with van der Waals surface area (Å²) in [5.41, 5.74) is 5.75. The Kier molecular flexibility index (Phi) is 6.10. The smallest absolute Gasteiger partial charge is 0.319 e. The van der Waals surface area contributed by atoms with E-state index in [4.69, 9.17) is 0 Å². The molecule has 0 spiro atoms. The summed E-state index contributed by atoms with van der Waals surface area (Å²) >= 11 is 0. The van der Waals surface area contributed by atoms with Crippen LogP contribution in [0.3, 0.4) is 0 Å². The van der Waals surface area contributed by atoms with Gasteiger partial charge in [-0.05, 0) is 60.6 Å². The van der Waals surface area contributed by atoms with Gasteiger partial charge in [0.25, 0.3) is 0 Å². The van der Waals surface area contributed by atoms with Crippen molar-refractivity contribution < 1.29 is 4.79 Å². The first-order valence-electron chi connectivity index (χ1n) is 9.59. The predicted octanol–water partition coefficient (Wildman–Crippen LogP) is 3.93. The molecule has 0 fully saturated rings. The van der Waals surface area contributed by atoms with Crippen molar-refractivity contribution in [1.29, 1.82) is 0 Å². The molecular formula is C21H28N4O. The van der Waals surface area contributed by atoms with Crippen molar-refractivity contribution in [3.05, 3.63) is 52.7 Å². The number of nitrogens with zero attached hydrogens (tertiary/aromatic N) is 1. The zero-order chi connectivity index (χ0) is 18.4. The molecule has 0 unspecified atom stereocenters. The van der Waals surface area contributed by atoms with Gasteiger partial charge in [0.2, 0.25) is 0 Å². The first-order chi connectivity index (χ1) is 12.7. The quantitative estimate of drug-likeness (QED) is 0.738. The van der Waals surface area contributed by atoms with Crippen LogP contribution in [-0.4, -0.2) is 24.1 Å². The lowest BCUT2D eigenvalue weighted by atomic mass is 10.0. The molecule has 0 saturated heterocycles. The second kappa shape index (κ2) is 8.70. The largest absolute Gasteiger partial charge is 0.370 e. The Hall–Kier alpha value is -2.56. The lowest BCUT2D eigenvalue weighted by Crippen LogP contribution is -2.30. The maximum atomic E-state index is 12.1. The predicted molar refractivity (Wildman–Crippen MR) is 107 cm³/mol. The highest BCUT2D eigenvalue weighted by Crippen LogP contribution is 2.20. The van der Waals surface area contributed by atoms with Gasteiger partial charge in [0.15, 0.2) is 0 Å². The summed E-state index contributed by atoms with van der Waals surface area (Å²) < 4.78 is 0. The van der Waals surface area contributed by atoms with Crippen LogP contribution in [0.4, 0.5) is 16.3 Å². The van der Waals surface area contributed by atoms with Crippen molar-refractivity contribution in [3.63, 3.8) is 0 Å². The lowest BCUT2D eigenvalue weighted by molar-refractivity contribution is 0.252. The first kappa shape index (κ1) is 18.2. The molecule has 2 aromatic rings. The maximum absolute atomic E-state index is 12.1. The Morgan fingerprint density at radius 3 is 2.81 bits per heavy atom. The Labute approximate surface area is 155 Å². The fraction of sp³-hybridized carbons (Fsp3) is 0.429. The summed E-state index contributed by atoms with van der Waals surface area (Å²) in [6.45, 7) is 5.84. The number of benzene rings is 1. The molecule has 2 heterocycles. The number of carbonyl (C=O) groups is 1. The molecule has 2 amide bonds. The van der Waals surface area contributed by atoms with Crippen molar-refractivity contribution in [2.24, 2.45) is 0 Å². The van der Waals surface area contributed by atoms with Crippen LogP contribution in [0.25, 0.3) is 0 Å². The standard InChI is InChI=1S/C21H28N4O/c1-3-15-7-10-19(14-16(15)4-2)25-21(26)23-13-11-18-9-8-17-6-5-12-22-20(17)24-18/h7-10,14H,3-6,11-13H2,1-2H3,(H,22,24)(H2,23,25,26). The minimum atomic E-state index is -0.174. The third kappa shape index (κ3) is 4.54. The van der Waals surface area contributed by atoms with Crippen LogP contribution < -0.4 is 16.0 Å². The number of hydrogen-bond acceptors (Lipinski definition) is 3. The Balaban J connectivity index is 1.50. The monoisotopic (exact) mass is 352 g/mol. The molecule has 1 aliphatic heterocycles. The van der Waals surface area contributed by atoms with Gasteiger partial charge in [-0.25, -0.2) is 9.78 Å². The van der Waals surface area contributed by atoms with Gasteiger partial charge in [0.05, 0.1) is 0 Å². The number of amides is 2. The first-order valence-corrected chi connectivity index (χ1v) is 9.59. The number of anilines is 2. The summed E-state index contributed by atoms with van der Waals surface area (Å²) in [6, 6.07) is 10.2. The molecule has 0 aliphatic carbocycles. The second-order valence-corrected chi connectivity index (χ2v) is 6.66. The van der Waals surface area contributed by atoms with Crippen molar-refractivity contribution in [2.75, 3.05) is 23.7 Å². The zero-order valence-corrected chi connectivity index (χ0v) is 15.7. The molecule has 0 saturated carbocycles. The Bertz CT molecular complexity index is 773. The van der Waals surface area contributed by atoms with E-state index in [1.165, 1.54) is 16.7 Å². The van der Waals surface area contributed by atoms with Crippen LogP contribution in [0.1, 0.15) is 42.7 Å². The third-order valence-corrected chi connectivity index (χ3v) is 4.84. The number of aromatic nitrogens is 1. The second-order valence-electron chi connectivity index (χ2n) is 6.66. The molecule has 138 valence electrons. The molecule has 3 N–H and O–H groups in total.